The van der Waals surface area contributed by atoms with Crippen LogP contribution in [0.2, 0.25) is 0 Å². The van der Waals surface area contributed by atoms with Gasteiger partial charge in [-0.2, -0.15) is 17.5 Å². The first kappa shape index (κ1) is 24.5. The highest BCUT2D eigenvalue weighted by Gasteiger charge is 2.43. The van der Waals surface area contributed by atoms with Gasteiger partial charge in [0.15, 0.2) is 0 Å². The number of hydrogen-bond acceptors (Lipinski definition) is 4. The Balaban J connectivity index is 1.43. The van der Waals surface area contributed by atoms with Crippen LogP contribution >= 0.6 is 0 Å². The van der Waals surface area contributed by atoms with E-state index in [-0.39, 0.29) is 37.0 Å². The number of carbonyl (C=O) groups excluding carboxylic acids is 1. The molecule has 1 aliphatic carbocycles. The Kier molecular flexibility index (Phi) is 7.08. The van der Waals surface area contributed by atoms with Gasteiger partial charge in [0.2, 0.25) is 15.9 Å². The summed E-state index contributed by atoms with van der Waals surface area (Å²) in [6, 6.07) is 4.80. The molecule has 2 saturated heterocycles. The maximum absolute atomic E-state index is 13.4. The van der Waals surface area contributed by atoms with Gasteiger partial charge in [-0.25, -0.2) is 8.42 Å². The number of sulfonamides is 1. The molecule has 1 amide bonds. The van der Waals surface area contributed by atoms with Gasteiger partial charge in [-0.15, -0.1) is 0 Å². The lowest BCUT2D eigenvalue weighted by Crippen LogP contribution is -2.51. The second-order valence-electron chi connectivity index (χ2n) is 9.31. The molecule has 1 aromatic rings. The Bertz CT molecular complexity index is 949. The number of carbonyl (C=O) groups is 1. The van der Waals surface area contributed by atoms with Crippen molar-refractivity contribution in [2.75, 3.05) is 32.7 Å². The molecule has 1 aromatic carbocycles. The van der Waals surface area contributed by atoms with E-state index in [1.165, 1.54) is 12.1 Å². The van der Waals surface area contributed by atoms with Crippen LogP contribution in [-0.4, -0.2) is 73.2 Å². The standard InChI is InChI=1S/C23H32F3N3O3S/c1-2-27-13-11-19(12-14-27)29(18-7-8-18)22(30)17-9-15-28(16-10-17)33(31,32)21-6-4-3-5-20(21)23(24,25)26/h3-6,17-19H,2,7-16H2,1H3. The van der Waals surface area contributed by atoms with Gasteiger partial charge in [0, 0.05) is 44.2 Å². The molecule has 0 aromatic heterocycles. The van der Waals surface area contributed by atoms with Crippen LogP contribution in [0.25, 0.3) is 0 Å². The van der Waals surface area contributed by atoms with Crippen LogP contribution in [-0.2, 0) is 21.0 Å². The number of nitrogens with zero attached hydrogens (tertiary/aromatic N) is 3. The molecule has 2 aliphatic heterocycles. The maximum atomic E-state index is 13.4. The summed E-state index contributed by atoms with van der Waals surface area (Å²) in [6.45, 7) is 5.21. The number of amides is 1. The van der Waals surface area contributed by atoms with Crippen molar-refractivity contribution in [3.8, 4) is 0 Å². The Morgan fingerprint density at radius 1 is 0.970 bits per heavy atom. The quantitative estimate of drug-likeness (QED) is 0.616. The highest BCUT2D eigenvalue weighted by Crippen LogP contribution is 2.38. The van der Waals surface area contributed by atoms with E-state index in [0.29, 0.717) is 12.8 Å². The smallest absolute Gasteiger partial charge is 0.336 e. The summed E-state index contributed by atoms with van der Waals surface area (Å²) in [6.07, 6.45) is -0.139. The normalized spacial score (nSPS) is 22.4. The molecule has 184 valence electrons. The van der Waals surface area contributed by atoms with Gasteiger partial charge in [0.25, 0.3) is 0 Å². The van der Waals surface area contributed by atoms with Crippen LogP contribution in [0.4, 0.5) is 13.2 Å². The fourth-order valence-corrected chi connectivity index (χ4v) is 6.83. The van der Waals surface area contributed by atoms with E-state index in [2.05, 4.69) is 16.7 Å². The summed E-state index contributed by atoms with van der Waals surface area (Å²) < 4.78 is 67.2. The first-order valence-corrected chi connectivity index (χ1v) is 13.3. The zero-order valence-corrected chi connectivity index (χ0v) is 19.7. The summed E-state index contributed by atoms with van der Waals surface area (Å²) in [5, 5.41) is 0. The number of alkyl halides is 3. The fourth-order valence-electron chi connectivity index (χ4n) is 5.14. The largest absolute Gasteiger partial charge is 0.417 e. The predicted molar refractivity (Wildman–Crippen MR) is 118 cm³/mol. The van der Waals surface area contributed by atoms with Crippen LogP contribution < -0.4 is 0 Å². The van der Waals surface area contributed by atoms with Crippen LogP contribution in [0.5, 0.6) is 0 Å². The summed E-state index contributed by atoms with van der Waals surface area (Å²) in [5.41, 5.74) is -1.15. The fraction of sp³-hybridized carbons (Fsp3) is 0.696. The molecule has 0 radical (unpaired) electrons. The molecule has 33 heavy (non-hydrogen) atoms. The van der Waals surface area contributed by atoms with E-state index < -0.39 is 26.7 Å². The molecule has 3 fully saturated rings. The second kappa shape index (κ2) is 9.54. The maximum Gasteiger partial charge on any atom is 0.417 e. The third kappa shape index (κ3) is 5.22. The Hall–Kier alpha value is -1.65. The molecule has 0 unspecified atom stereocenters. The summed E-state index contributed by atoms with van der Waals surface area (Å²) in [4.78, 5) is 17.2. The number of likely N-dealkylation sites (tertiary alicyclic amines) is 1. The van der Waals surface area contributed by atoms with Crippen LogP contribution in [0.3, 0.4) is 0 Å². The minimum absolute atomic E-state index is 0.0533. The molecular formula is C23H32F3N3O3S. The molecule has 0 atom stereocenters. The molecule has 0 N–H and O–H groups in total. The van der Waals surface area contributed by atoms with Crippen molar-refractivity contribution in [3.05, 3.63) is 29.8 Å². The highest BCUT2D eigenvalue weighted by atomic mass is 32.2. The third-order valence-electron chi connectivity index (χ3n) is 7.21. The van der Waals surface area contributed by atoms with Gasteiger partial charge in [0.05, 0.1) is 10.5 Å². The van der Waals surface area contributed by atoms with Gasteiger partial charge in [-0.3, -0.25) is 4.79 Å². The first-order valence-electron chi connectivity index (χ1n) is 11.8. The van der Waals surface area contributed by atoms with E-state index in [9.17, 15) is 26.4 Å². The van der Waals surface area contributed by atoms with E-state index in [4.69, 9.17) is 0 Å². The van der Waals surface area contributed by atoms with Crippen molar-refractivity contribution < 1.29 is 26.4 Å². The Labute approximate surface area is 193 Å². The molecule has 0 spiro atoms. The molecule has 1 saturated carbocycles. The summed E-state index contributed by atoms with van der Waals surface area (Å²) in [7, 11) is -4.30. The van der Waals surface area contributed by atoms with Gasteiger partial charge in [-0.05, 0) is 57.2 Å². The third-order valence-corrected chi connectivity index (χ3v) is 9.16. The van der Waals surface area contributed by atoms with E-state index in [0.717, 1.165) is 61.8 Å². The highest BCUT2D eigenvalue weighted by molar-refractivity contribution is 7.89. The monoisotopic (exact) mass is 487 g/mol. The van der Waals surface area contributed by atoms with Gasteiger partial charge < -0.3 is 9.80 Å². The van der Waals surface area contributed by atoms with Crippen molar-refractivity contribution >= 4 is 15.9 Å². The van der Waals surface area contributed by atoms with Gasteiger partial charge in [0.1, 0.15) is 0 Å². The zero-order chi connectivity index (χ0) is 23.8. The van der Waals surface area contributed by atoms with Crippen molar-refractivity contribution in [2.45, 2.75) is 68.6 Å². The number of benzene rings is 1. The van der Waals surface area contributed by atoms with E-state index in [1.54, 1.807) is 0 Å². The number of rotatable bonds is 6. The van der Waals surface area contributed by atoms with Gasteiger partial charge >= 0.3 is 6.18 Å². The zero-order valence-electron chi connectivity index (χ0n) is 18.9. The van der Waals surface area contributed by atoms with Crippen molar-refractivity contribution in [1.29, 1.82) is 0 Å². The van der Waals surface area contributed by atoms with Crippen LogP contribution in [0, 0.1) is 5.92 Å². The van der Waals surface area contributed by atoms with Gasteiger partial charge in [-0.1, -0.05) is 19.1 Å². The lowest BCUT2D eigenvalue weighted by molar-refractivity contribution is -0.141. The van der Waals surface area contributed by atoms with Crippen molar-refractivity contribution in [3.63, 3.8) is 0 Å². The second-order valence-corrected chi connectivity index (χ2v) is 11.2. The summed E-state index contributed by atoms with van der Waals surface area (Å²) >= 11 is 0. The predicted octanol–water partition coefficient (Wildman–Crippen LogP) is 3.58. The molecule has 6 nitrogen and oxygen atoms in total. The molecule has 0 bridgehead atoms. The van der Waals surface area contributed by atoms with Crippen LogP contribution in [0.1, 0.15) is 51.0 Å². The van der Waals surface area contributed by atoms with E-state index >= 15 is 0 Å². The van der Waals surface area contributed by atoms with Crippen molar-refractivity contribution in [2.24, 2.45) is 5.92 Å². The SMILES string of the molecule is CCN1CCC(N(C(=O)C2CCN(S(=O)(=O)c3ccccc3C(F)(F)F)CC2)C2CC2)CC1. The minimum atomic E-state index is -4.75. The van der Waals surface area contributed by atoms with Crippen molar-refractivity contribution in [1.82, 2.24) is 14.1 Å². The lowest BCUT2D eigenvalue weighted by Gasteiger charge is -2.41. The molecule has 4 rings (SSSR count). The van der Waals surface area contributed by atoms with E-state index in [1.807, 2.05) is 0 Å². The average Bonchev–Trinajstić information content (AvgIpc) is 3.64. The minimum Gasteiger partial charge on any atom is -0.336 e. The molecule has 10 heteroatoms. The molecule has 3 aliphatic rings. The molecule has 2 heterocycles. The topological polar surface area (TPSA) is 60.9 Å². The first-order chi connectivity index (χ1) is 15.6. The van der Waals surface area contributed by atoms with Crippen LogP contribution in [0.15, 0.2) is 29.2 Å². The summed E-state index contributed by atoms with van der Waals surface area (Å²) in [5.74, 6) is -0.181. The Morgan fingerprint density at radius 2 is 1.55 bits per heavy atom. The number of halogens is 3. The lowest BCUT2D eigenvalue weighted by atomic mass is 9.94. The number of hydrogen-bond donors (Lipinski definition) is 0. The molecular weight excluding hydrogens is 455 g/mol. The number of piperidine rings is 2. The average molecular weight is 488 g/mol. The Morgan fingerprint density at radius 3 is 2.09 bits per heavy atom.